The number of hydrogen-bond donors (Lipinski definition) is 1. The number of fused-ring (bicyclic) bond motifs is 1. The Kier molecular flexibility index (Phi) is 4.91. The number of nitrogens with zero attached hydrogens (tertiary/aromatic N) is 3. The largest absolute Gasteiger partial charge is 0.573 e. The zero-order chi connectivity index (χ0) is 19.6. The summed E-state index contributed by atoms with van der Waals surface area (Å²) in [7, 11) is 0. The molecule has 0 amide bonds. The number of hydrogen-bond acceptors (Lipinski definition) is 6. The van der Waals surface area contributed by atoms with Crippen molar-refractivity contribution in [3.8, 4) is 5.75 Å². The van der Waals surface area contributed by atoms with Gasteiger partial charge in [-0.1, -0.05) is 0 Å². The van der Waals surface area contributed by atoms with Gasteiger partial charge in [0.2, 0.25) is 0 Å². The number of alkyl halides is 3. The van der Waals surface area contributed by atoms with Crippen molar-refractivity contribution < 1.29 is 22.6 Å². The lowest BCUT2D eigenvalue weighted by Crippen LogP contribution is -2.36. The van der Waals surface area contributed by atoms with Crippen LogP contribution in [0.5, 0.6) is 5.75 Å². The van der Waals surface area contributed by atoms with Crippen LogP contribution in [0.3, 0.4) is 0 Å². The summed E-state index contributed by atoms with van der Waals surface area (Å²) in [6.45, 7) is 3.08. The van der Waals surface area contributed by atoms with E-state index >= 15 is 0 Å². The molecule has 1 aromatic heterocycles. The molecule has 0 radical (unpaired) electrons. The molecule has 0 spiro atoms. The molecule has 9 heteroatoms. The van der Waals surface area contributed by atoms with Crippen LogP contribution in [0.2, 0.25) is 0 Å². The summed E-state index contributed by atoms with van der Waals surface area (Å²) < 4.78 is 46.9. The van der Waals surface area contributed by atoms with Gasteiger partial charge in [-0.15, -0.1) is 13.2 Å². The fraction of sp³-hybridized carbons (Fsp3) is 0.263. The van der Waals surface area contributed by atoms with Crippen molar-refractivity contribution in [2.24, 2.45) is 0 Å². The third-order valence-electron chi connectivity index (χ3n) is 4.35. The number of morpholine rings is 1. The SMILES string of the molecule is FC(F)(F)Oc1ccc2ncnc(Nc3ccc(N4CCOCC4)cc3)c2c1. The molecule has 2 aromatic carbocycles. The van der Waals surface area contributed by atoms with Crippen LogP contribution in [0.15, 0.2) is 48.8 Å². The second-order valence-electron chi connectivity index (χ2n) is 6.22. The Bertz CT molecular complexity index is 958. The van der Waals surface area contributed by atoms with Crippen molar-refractivity contribution in [2.75, 3.05) is 36.5 Å². The van der Waals surface area contributed by atoms with Gasteiger partial charge in [0.05, 0.1) is 18.7 Å². The molecule has 2 heterocycles. The van der Waals surface area contributed by atoms with E-state index in [1.807, 2.05) is 24.3 Å². The maximum atomic E-state index is 12.5. The van der Waals surface area contributed by atoms with Crippen LogP contribution in [0.25, 0.3) is 10.9 Å². The van der Waals surface area contributed by atoms with Gasteiger partial charge in [0.25, 0.3) is 0 Å². The molecule has 6 nitrogen and oxygen atoms in total. The Balaban J connectivity index is 1.57. The van der Waals surface area contributed by atoms with Crippen LogP contribution < -0.4 is 15.0 Å². The summed E-state index contributed by atoms with van der Waals surface area (Å²) >= 11 is 0. The third kappa shape index (κ3) is 4.25. The smallest absolute Gasteiger partial charge is 0.406 e. The number of rotatable bonds is 4. The van der Waals surface area contributed by atoms with Gasteiger partial charge < -0.3 is 19.7 Å². The van der Waals surface area contributed by atoms with E-state index in [4.69, 9.17) is 4.74 Å². The Morgan fingerprint density at radius 3 is 2.46 bits per heavy atom. The van der Waals surface area contributed by atoms with Crippen molar-refractivity contribution in [1.82, 2.24) is 9.97 Å². The standard InChI is InChI=1S/C19H17F3N4O2/c20-19(21,22)28-15-5-6-17-16(11-15)18(24-12-23-17)25-13-1-3-14(4-2-13)26-7-9-27-10-8-26/h1-6,11-12H,7-10H2,(H,23,24,25). The zero-order valence-corrected chi connectivity index (χ0v) is 14.7. The molecule has 1 aliphatic heterocycles. The molecule has 28 heavy (non-hydrogen) atoms. The normalized spacial score (nSPS) is 14.9. The minimum Gasteiger partial charge on any atom is -0.406 e. The summed E-state index contributed by atoms with van der Waals surface area (Å²) in [4.78, 5) is 10.5. The summed E-state index contributed by atoms with van der Waals surface area (Å²) in [6.07, 6.45) is -3.40. The molecule has 0 atom stereocenters. The number of anilines is 3. The average molecular weight is 390 g/mol. The molecule has 0 saturated carbocycles. The summed E-state index contributed by atoms with van der Waals surface area (Å²) in [5, 5.41) is 3.57. The Morgan fingerprint density at radius 1 is 1.00 bits per heavy atom. The Hall–Kier alpha value is -3.07. The third-order valence-corrected chi connectivity index (χ3v) is 4.35. The highest BCUT2D eigenvalue weighted by Gasteiger charge is 2.31. The van der Waals surface area contributed by atoms with Gasteiger partial charge in [0.1, 0.15) is 17.9 Å². The number of benzene rings is 2. The lowest BCUT2D eigenvalue weighted by atomic mass is 10.2. The predicted molar refractivity (Wildman–Crippen MR) is 99.0 cm³/mol. The topological polar surface area (TPSA) is 59.5 Å². The molecule has 146 valence electrons. The van der Waals surface area contributed by atoms with E-state index in [9.17, 15) is 13.2 Å². The first kappa shape index (κ1) is 18.3. The van der Waals surface area contributed by atoms with Gasteiger partial charge in [0, 0.05) is 29.9 Å². The second-order valence-corrected chi connectivity index (χ2v) is 6.22. The molecular weight excluding hydrogens is 373 g/mol. The quantitative estimate of drug-likeness (QED) is 0.724. The van der Waals surface area contributed by atoms with Crippen LogP contribution in [0, 0.1) is 0 Å². The molecule has 1 N–H and O–H groups in total. The minimum absolute atomic E-state index is 0.319. The lowest BCUT2D eigenvalue weighted by Gasteiger charge is -2.28. The monoisotopic (exact) mass is 390 g/mol. The predicted octanol–water partition coefficient (Wildman–Crippen LogP) is 4.11. The van der Waals surface area contributed by atoms with Gasteiger partial charge in [-0.05, 0) is 42.5 Å². The van der Waals surface area contributed by atoms with Gasteiger partial charge >= 0.3 is 6.36 Å². The van der Waals surface area contributed by atoms with E-state index in [1.165, 1.54) is 24.5 Å². The number of ether oxygens (including phenoxy) is 2. The Labute approximate surface area is 158 Å². The van der Waals surface area contributed by atoms with E-state index in [0.717, 1.165) is 24.5 Å². The van der Waals surface area contributed by atoms with E-state index in [1.54, 1.807) is 0 Å². The maximum Gasteiger partial charge on any atom is 0.573 e. The van der Waals surface area contributed by atoms with Gasteiger partial charge in [-0.2, -0.15) is 0 Å². The maximum absolute atomic E-state index is 12.5. The number of aromatic nitrogens is 2. The van der Waals surface area contributed by atoms with Crippen LogP contribution in [0.4, 0.5) is 30.4 Å². The van der Waals surface area contributed by atoms with Crippen molar-refractivity contribution >= 4 is 28.1 Å². The number of halogens is 3. The summed E-state index contributed by atoms with van der Waals surface area (Å²) in [6, 6.07) is 11.7. The molecule has 1 fully saturated rings. The first-order valence-electron chi connectivity index (χ1n) is 8.68. The van der Waals surface area contributed by atoms with Gasteiger partial charge in [-0.3, -0.25) is 0 Å². The molecule has 3 aromatic rings. The van der Waals surface area contributed by atoms with Crippen LogP contribution in [-0.2, 0) is 4.74 Å². The fourth-order valence-electron chi connectivity index (χ4n) is 3.05. The van der Waals surface area contributed by atoms with E-state index in [0.29, 0.717) is 29.9 Å². The molecule has 1 saturated heterocycles. The van der Waals surface area contributed by atoms with E-state index in [2.05, 4.69) is 24.9 Å². The summed E-state index contributed by atoms with van der Waals surface area (Å²) in [5.41, 5.74) is 2.36. The van der Waals surface area contributed by atoms with Gasteiger partial charge in [-0.25, -0.2) is 9.97 Å². The molecule has 1 aliphatic rings. The summed E-state index contributed by atoms with van der Waals surface area (Å²) in [5.74, 6) is 0.0808. The Morgan fingerprint density at radius 2 is 1.75 bits per heavy atom. The molecule has 0 unspecified atom stereocenters. The highest BCUT2D eigenvalue weighted by atomic mass is 19.4. The van der Waals surface area contributed by atoms with Crippen molar-refractivity contribution in [3.63, 3.8) is 0 Å². The average Bonchev–Trinajstić information content (AvgIpc) is 2.68. The molecule has 4 rings (SSSR count). The van der Waals surface area contributed by atoms with E-state index < -0.39 is 6.36 Å². The second kappa shape index (κ2) is 7.51. The van der Waals surface area contributed by atoms with Gasteiger partial charge in [0.15, 0.2) is 0 Å². The van der Waals surface area contributed by atoms with Crippen LogP contribution >= 0.6 is 0 Å². The van der Waals surface area contributed by atoms with E-state index in [-0.39, 0.29) is 5.75 Å². The van der Waals surface area contributed by atoms with Crippen LogP contribution in [-0.4, -0.2) is 42.6 Å². The molecule has 0 aliphatic carbocycles. The number of nitrogens with one attached hydrogen (secondary N) is 1. The van der Waals surface area contributed by atoms with Crippen molar-refractivity contribution in [3.05, 3.63) is 48.8 Å². The fourth-order valence-corrected chi connectivity index (χ4v) is 3.05. The van der Waals surface area contributed by atoms with Crippen molar-refractivity contribution in [2.45, 2.75) is 6.36 Å². The lowest BCUT2D eigenvalue weighted by molar-refractivity contribution is -0.274. The first-order chi connectivity index (χ1) is 13.5. The first-order valence-corrected chi connectivity index (χ1v) is 8.68. The van der Waals surface area contributed by atoms with Crippen molar-refractivity contribution in [1.29, 1.82) is 0 Å². The minimum atomic E-state index is -4.76. The highest BCUT2D eigenvalue weighted by Crippen LogP contribution is 2.30. The zero-order valence-electron chi connectivity index (χ0n) is 14.7. The highest BCUT2D eigenvalue weighted by molar-refractivity contribution is 5.91. The molecule has 0 bridgehead atoms. The molecular formula is C19H17F3N4O2. The van der Waals surface area contributed by atoms with Crippen LogP contribution in [0.1, 0.15) is 0 Å².